The Morgan fingerprint density at radius 2 is 1.78 bits per heavy atom. The van der Waals surface area contributed by atoms with Crippen molar-refractivity contribution in [2.24, 2.45) is 0 Å². The molecule has 3 rings (SSSR count). The van der Waals surface area contributed by atoms with Gasteiger partial charge in [0.1, 0.15) is 0 Å². The molecule has 1 aliphatic heterocycles. The largest absolute Gasteiger partial charge is 0.381 e. The van der Waals surface area contributed by atoms with E-state index in [1.165, 1.54) is 16.7 Å². The number of ether oxygens (including phenoxy) is 1. The lowest BCUT2D eigenvalue weighted by atomic mass is 10.1. The van der Waals surface area contributed by atoms with Gasteiger partial charge in [-0.05, 0) is 54.8 Å². The van der Waals surface area contributed by atoms with E-state index >= 15 is 0 Å². The Hall–Kier alpha value is -2.37. The molecular formula is C22H29N3O2. The molecule has 2 aromatic rings. The van der Waals surface area contributed by atoms with Gasteiger partial charge in [-0.1, -0.05) is 18.2 Å². The van der Waals surface area contributed by atoms with Gasteiger partial charge in [-0.25, -0.2) is 0 Å². The molecule has 1 fully saturated rings. The number of hydrogen-bond donors (Lipinski definition) is 2. The quantitative estimate of drug-likeness (QED) is 0.790. The van der Waals surface area contributed by atoms with Crippen LogP contribution < -0.4 is 10.6 Å². The minimum atomic E-state index is -0.0241. The van der Waals surface area contributed by atoms with Crippen molar-refractivity contribution in [1.82, 2.24) is 10.2 Å². The minimum absolute atomic E-state index is 0.0241. The highest BCUT2D eigenvalue weighted by molar-refractivity contribution is 5.94. The van der Waals surface area contributed by atoms with E-state index < -0.39 is 0 Å². The summed E-state index contributed by atoms with van der Waals surface area (Å²) in [7, 11) is 0. The van der Waals surface area contributed by atoms with Crippen molar-refractivity contribution in [3.63, 3.8) is 0 Å². The first-order valence-corrected chi connectivity index (χ1v) is 9.60. The second-order valence-electron chi connectivity index (χ2n) is 7.06. The Kier molecular flexibility index (Phi) is 6.85. The van der Waals surface area contributed by atoms with Gasteiger partial charge >= 0.3 is 0 Å². The van der Waals surface area contributed by atoms with Crippen molar-refractivity contribution in [3.05, 3.63) is 64.7 Å². The number of nitrogens with zero attached hydrogens (tertiary/aromatic N) is 1. The van der Waals surface area contributed by atoms with E-state index in [0.29, 0.717) is 12.1 Å². The third-order valence-electron chi connectivity index (χ3n) is 5.03. The Bertz CT molecular complexity index is 753. The van der Waals surface area contributed by atoms with Crippen LogP contribution >= 0.6 is 0 Å². The van der Waals surface area contributed by atoms with Crippen molar-refractivity contribution in [2.75, 3.05) is 44.7 Å². The molecule has 1 heterocycles. The average molecular weight is 367 g/mol. The third kappa shape index (κ3) is 5.81. The van der Waals surface area contributed by atoms with E-state index in [-0.39, 0.29) is 5.91 Å². The predicted molar refractivity (Wildman–Crippen MR) is 109 cm³/mol. The first-order valence-electron chi connectivity index (χ1n) is 9.60. The van der Waals surface area contributed by atoms with Gasteiger partial charge in [-0.2, -0.15) is 0 Å². The SMILES string of the molecule is Cc1ccc(CNc2ccc(C(=O)NCCN3CCOCC3)cc2)cc1C. The number of nitrogens with one attached hydrogen (secondary N) is 2. The molecule has 0 spiro atoms. The number of carbonyl (C=O) groups excluding carboxylic acids is 1. The molecule has 2 N–H and O–H groups in total. The fourth-order valence-electron chi connectivity index (χ4n) is 3.11. The third-order valence-corrected chi connectivity index (χ3v) is 5.03. The highest BCUT2D eigenvalue weighted by Gasteiger charge is 2.11. The van der Waals surface area contributed by atoms with Crippen LogP contribution in [0.2, 0.25) is 0 Å². The summed E-state index contributed by atoms with van der Waals surface area (Å²) in [4.78, 5) is 14.6. The fourth-order valence-corrected chi connectivity index (χ4v) is 3.11. The number of hydrogen-bond acceptors (Lipinski definition) is 4. The highest BCUT2D eigenvalue weighted by atomic mass is 16.5. The van der Waals surface area contributed by atoms with E-state index in [4.69, 9.17) is 4.74 Å². The van der Waals surface area contributed by atoms with Crippen LogP contribution in [0.1, 0.15) is 27.0 Å². The first kappa shape index (κ1) is 19.4. The van der Waals surface area contributed by atoms with Crippen molar-refractivity contribution < 1.29 is 9.53 Å². The summed E-state index contributed by atoms with van der Waals surface area (Å²) < 4.78 is 5.33. The van der Waals surface area contributed by atoms with Crippen molar-refractivity contribution in [1.29, 1.82) is 0 Å². The zero-order chi connectivity index (χ0) is 19.1. The molecular weight excluding hydrogens is 338 g/mol. The molecule has 0 unspecified atom stereocenters. The lowest BCUT2D eigenvalue weighted by Crippen LogP contribution is -2.41. The topological polar surface area (TPSA) is 53.6 Å². The maximum absolute atomic E-state index is 12.3. The van der Waals surface area contributed by atoms with E-state index in [1.54, 1.807) is 0 Å². The van der Waals surface area contributed by atoms with Crippen LogP contribution in [-0.2, 0) is 11.3 Å². The summed E-state index contributed by atoms with van der Waals surface area (Å²) in [6.07, 6.45) is 0. The number of aryl methyl sites for hydroxylation is 2. The molecule has 144 valence electrons. The van der Waals surface area contributed by atoms with Crippen LogP contribution in [-0.4, -0.2) is 50.2 Å². The molecule has 1 aliphatic rings. The summed E-state index contributed by atoms with van der Waals surface area (Å²) in [5.74, 6) is -0.0241. The van der Waals surface area contributed by atoms with E-state index in [1.807, 2.05) is 24.3 Å². The van der Waals surface area contributed by atoms with Gasteiger partial charge < -0.3 is 15.4 Å². The summed E-state index contributed by atoms with van der Waals surface area (Å²) >= 11 is 0. The monoisotopic (exact) mass is 367 g/mol. The summed E-state index contributed by atoms with van der Waals surface area (Å²) in [5, 5.41) is 6.40. The molecule has 0 radical (unpaired) electrons. The van der Waals surface area contributed by atoms with E-state index in [0.717, 1.165) is 45.1 Å². The van der Waals surface area contributed by atoms with Crippen LogP contribution in [0.4, 0.5) is 5.69 Å². The van der Waals surface area contributed by atoms with Crippen molar-refractivity contribution in [3.8, 4) is 0 Å². The lowest BCUT2D eigenvalue weighted by molar-refractivity contribution is 0.0383. The molecule has 0 aliphatic carbocycles. The molecule has 2 aromatic carbocycles. The molecule has 0 aromatic heterocycles. The zero-order valence-electron chi connectivity index (χ0n) is 16.3. The van der Waals surface area contributed by atoms with Crippen molar-refractivity contribution in [2.45, 2.75) is 20.4 Å². The standard InChI is InChI=1S/C22H29N3O2/c1-17-3-4-19(15-18(17)2)16-24-21-7-5-20(6-8-21)22(26)23-9-10-25-11-13-27-14-12-25/h3-8,15,24H,9-14,16H2,1-2H3,(H,23,26). The smallest absolute Gasteiger partial charge is 0.251 e. The van der Waals surface area contributed by atoms with Gasteiger partial charge in [0, 0.05) is 44.0 Å². The number of anilines is 1. The van der Waals surface area contributed by atoms with Crippen LogP contribution in [0, 0.1) is 13.8 Å². The minimum Gasteiger partial charge on any atom is -0.381 e. The predicted octanol–water partition coefficient (Wildman–Crippen LogP) is 2.98. The van der Waals surface area contributed by atoms with E-state index in [9.17, 15) is 4.79 Å². The molecule has 5 nitrogen and oxygen atoms in total. The van der Waals surface area contributed by atoms with Gasteiger partial charge in [0.2, 0.25) is 0 Å². The lowest BCUT2D eigenvalue weighted by Gasteiger charge is -2.26. The molecule has 0 atom stereocenters. The molecule has 1 amide bonds. The van der Waals surface area contributed by atoms with Crippen LogP contribution in [0.25, 0.3) is 0 Å². The summed E-state index contributed by atoms with van der Waals surface area (Å²) in [6.45, 7) is 9.99. The molecule has 5 heteroatoms. The number of carbonyl (C=O) groups is 1. The summed E-state index contributed by atoms with van der Waals surface area (Å²) in [6, 6.07) is 14.1. The Morgan fingerprint density at radius 1 is 1.04 bits per heavy atom. The second kappa shape index (κ2) is 9.53. The molecule has 27 heavy (non-hydrogen) atoms. The Labute approximate surface area is 161 Å². The summed E-state index contributed by atoms with van der Waals surface area (Å²) in [5.41, 5.74) is 5.57. The Balaban J connectivity index is 1.44. The molecule has 0 bridgehead atoms. The van der Waals surface area contributed by atoms with Crippen LogP contribution in [0.3, 0.4) is 0 Å². The van der Waals surface area contributed by atoms with Gasteiger partial charge in [0.15, 0.2) is 0 Å². The number of morpholine rings is 1. The van der Waals surface area contributed by atoms with Crippen LogP contribution in [0.5, 0.6) is 0 Å². The molecule has 0 saturated carbocycles. The normalized spacial score (nSPS) is 14.7. The Morgan fingerprint density at radius 3 is 2.48 bits per heavy atom. The maximum atomic E-state index is 12.3. The van der Waals surface area contributed by atoms with Gasteiger partial charge in [-0.3, -0.25) is 9.69 Å². The molecule has 1 saturated heterocycles. The van der Waals surface area contributed by atoms with Gasteiger partial charge in [0.05, 0.1) is 13.2 Å². The number of rotatable bonds is 7. The highest BCUT2D eigenvalue weighted by Crippen LogP contribution is 2.14. The average Bonchev–Trinajstić information content (AvgIpc) is 2.70. The zero-order valence-corrected chi connectivity index (χ0v) is 16.3. The first-order chi connectivity index (χ1) is 13.1. The van der Waals surface area contributed by atoms with Crippen molar-refractivity contribution >= 4 is 11.6 Å². The van der Waals surface area contributed by atoms with Gasteiger partial charge in [0.25, 0.3) is 5.91 Å². The second-order valence-corrected chi connectivity index (χ2v) is 7.06. The fraction of sp³-hybridized carbons (Fsp3) is 0.409. The van der Waals surface area contributed by atoms with Crippen LogP contribution in [0.15, 0.2) is 42.5 Å². The van der Waals surface area contributed by atoms with Gasteiger partial charge in [-0.15, -0.1) is 0 Å². The van der Waals surface area contributed by atoms with E-state index in [2.05, 4.69) is 47.6 Å². The number of amides is 1. The maximum Gasteiger partial charge on any atom is 0.251 e. The number of benzene rings is 2.